The fourth-order valence-electron chi connectivity index (χ4n) is 3.26. The van der Waals surface area contributed by atoms with E-state index < -0.39 is 0 Å². The number of hydrogen-bond donors (Lipinski definition) is 2. The van der Waals surface area contributed by atoms with Gasteiger partial charge in [-0.2, -0.15) is 0 Å². The summed E-state index contributed by atoms with van der Waals surface area (Å²) >= 11 is 0. The molecule has 1 aliphatic rings. The normalized spacial score (nSPS) is 17.8. The first-order valence-electron chi connectivity index (χ1n) is 7.69. The second-order valence-corrected chi connectivity index (χ2v) is 6.09. The van der Waals surface area contributed by atoms with Gasteiger partial charge in [0, 0.05) is 18.2 Å². The zero-order valence-corrected chi connectivity index (χ0v) is 12.6. The Bertz CT molecular complexity index is 444. The molecule has 3 nitrogen and oxygen atoms in total. The van der Waals surface area contributed by atoms with Crippen LogP contribution in [-0.4, -0.2) is 18.5 Å². The summed E-state index contributed by atoms with van der Waals surface area (Å²) < 4.78 is 0. The molecule has 1 amide bonds. The van der Waals surface area contributed by atoms with Gasteiger partial charge >= 0.3 is 0 Å². The molecule has 0 heterocycles. The highest BCUT2D eigenvalue weighted by Crippen LogP contribution is 2.26. The Morgan fingerprint density at radius 1 is 1.20 bits per heavy atom. The van der Waals surface area contributed by atoms with Gasteiger partial charge in [0.15, 0.2) is 0 Å². The summed E-state index contributed by atoms with van der Waals surface area (Å²) in [4.78, 5) is 12.4. The molecule has 1 atom stereocenters. The molecule has 1 aliphatic carbocycles. The van der Waals surface area contributed by atoms with Gasteiger partial charge in [0.25, 0.3) is 5.91 Å². The van der Waals surface area contributed by atoms with Crippen LogP contribution < -0.4 is 11.1 Å². The monoisotopic (exact) mass is 274 g/mol. The number of carbonyl (C=O) groups is 1. The lowest BCUT2D eigenvalue weighted by atomic mass is 9.84. The van der Waals surface area contributed by atoms with E-state index in [1.54, 1.807) is 0 Å². The van der Waals surface area contributed by atoms with Crippen molar-refractivity contribution in [2.24, 2.45) is 11.7 Å². The van der Waals surface area contributed by atoms with Crippen LogP contribution in [0.3, 0.4) is 0 Å². The summed E-state index contributed by atoms with van der Waals surface area (Å²) in [5.74, 6) is 0.557. The number of hydrogen-bond acceptors (Lipinski definition) is 2. The van der Waals surface area contributed by atoms with Gasteiger partial charge in [-0.05, 0) is 44.7 Å². The molecule has 1 aromatic rings. The molecule has 0 radical (unpaired) electrons. The summed E-state index contributed by atoms with van der Waals surface area (Å²) in [5.41, 5.74) is 8.87. The van der Waals surface area contributed by atoms with Crippen molar-refractivity contribution in [3.8, 4) is 0 Å². The average molecular weight is 274 g/mol. The minimum Gasteiger partial charge on any atom is -0.348 e. The summed E-state index contributed by atoms with van der Waals surface area (Å²) in [6, 6.07) is 6.08. The van der Waals surface area contributed by atoms with Crippen molar-refractivity contribution in [2.75, 3.05) is 6.54 Å². The van der Waals surface area contributed by atoms with Crippen molar-refractivity contribution in [1.82, 2.24) is 5.32 Å². The van der Waals surface area contributed by atoms with Crippen molar-refractivity contribution < 1.29 is 4.79 Å². The first-order valence-corrected chi connectivity index (χ1v) is 7.69. The maximum absolute atomic E-state index is 12.4. The Morgan fingerprint density at radius 2 is 1.80 bits per heavy atom. The van der Waals surface area contributed by atoms with Gasteiger partial charge in [-0.25, -0.2) is 0 Å². The molecule has 1 saturated carbocycles. The van der Waals surface area contributed by atoms with E-state index in [1.165, 1.54) is 32.1 Å². The van der Waals surface area contributed by atoms with Gasteiger partial charge in [0.05, 0.1) is 0 Å². The zero-order valence-electron chi connectivity index (χ0n) is 12.6. The fourth-order valence-corrected chi connectivity index (χ4v) is 3.26. The Hall–Kier alpha value is -1.35. The van der Waals surface area contributed by atoms with E-state index >= 15 is 0 Å². The number of amides is 1. The van der Waals surface area contributed by atoms with E-state index in [2.05, 4.69) is 11.4 Å². The molecule has 1 unspecified atom stereocenters. The second-order valence-electron chi connectivity index (χ2n) is 6.09. The molecule has 0 spiro atoms. The first kappa shape index (κ1) is 15.0. The summed E-state index contributed by atoms with van der Waals surface area (Å²) in [5, 5.41) is 3.14. The first-order chi connectivity index (χ1) is 9.60. The third-order valence-electron chi connectivity index (χ3n) is 4.27. The lowest BCUT2D eigenvalue weighted by Gasteiger charge is -2.30. The van der Waals surface area contributed by atoms with Crippen molar-refractivity contribution in [3.05, 3.63) is 34.9 Å². The predicted octanol–water partition coefficient (Wildman–Crippen LogP) is 2.94. The maximum atomic E-state index is 12.4. The lowest BCUT2D eigenvalue weighted by Crippen LogP contribution is -2.45. The van der Waals surface area contributed by atoms with Gasteiger partial charge in [-0.15, -0.1) is 0 Å². The van der Waals surface area contributed by atoms with Gasteiger partial charge < -0.3 is 11.1 Å². The van der Waals surface area contributed by atoms with E-state index in [1.807, 2.05) is 26.0 Å². The number of aryl methyl sites for hydroxylation is 2. The van der Waals surface area contributed by atoms with Gasteiger partial charge in [0.2, 0.25) is 0 Å². The predicted molar refractivity (Wildman–Crippen MR) is 82.8 cm³/mol. The molecule has 3 heteroatoms. The minimum absolute atomic E-state index is 0.0119. The van der Waals surface area contributed by atoms with Crippen LogP contribution in [0, 0.1) is 19.8 Å². The standard InChI is InChI=1S/C17H26N2O/c1-12-8-13(2)10-15(9-12)17(20)19-16(11-18)14-6-4-3-5-7-14/h8-10,14,16H,3-7,11,18H2,1-2H3,(H,19,20). The molecule has 1 fully saturated rings. The number of nitrogens with one attached hydrogen (secondary N) is 1. The topological polar surface area (TPSA) is 55.1 Å². The average Bonchev–Trinajstić information content (AvgIpc) is 2.44. The largest absolute Gasteiger partial charge is 0.348 e. The summed E-state index contributed by atoms with van der Waals surface area (Å²) in [6.07, 6.45) is 6.23. The Kier molecular flexibility index (Phi) is 5.18. The Balaban J connectivity index is 2.04. The Labute approximate surface area is 121 Å². The summed E-state index contributed by atoms with van der Waals surface area (Å²) in [7, 11) is 0. The number of nitrogens with two attached hydrogens (primary N) is 1. The van der Waals surface area contributed by atoms with Crippen molar-refractivity contribution >= 4 is 5.91 Å². The second kappa shape index (κ2) is 6.89. The third-order valence-corrected chi connectivity index (χ3v) is 4.27. The van der Waals surface area contributed by atoms with Crippen LogP contribution in [0.5, 0.6) is 0 Å². The SMILES string of the molecule is Cc1cc(C)cc(C(=O)NC(CN)C2CCCCC2)c1. The number of benzene rings is 1. The van der Waals surface area contributed by atoms with E-state index in [0.717, 1.165) is 16.7 Å². The molecular weight excluding hydrogens is 248 g/mol. The number of rotatable bonds is 4. The molecule has 0 saturated heterocycles. The fraction of sp³-hybridized carbons (Fsp3) is 0.588. The highest BCUT2D eigenvalue weighted by Gasteiger charge is 2.24. The van der Waals surface area contributed by atoms with E-state index in [9.17, 15) is 4.79 Å². The third kappa shape index (κ3) is 3.83. The van der Waals surface area contributed by atoms with Crippen LogP contribution >= 0.6 is 0 Å². The summed E-state index contributed by atoms with van der Waals surface area (Å²) in [6.45, 7) is 4.57. The molecule has 1 aromatic carbocycles. The molecular formula is C17H26N2O. The van der Waals surface area contributed by atoms with E-state index in [4.69, 9.17) is 5.73 Å². The molecule has 0 aromatic heterocycles. The molecule has 3 N–H and O–H groups in total. The number of carbonyl (C=O) groups excluding carboxylic acids is 1. The Morgan fingerprint density at radius 3 is 2.35 bits per heavy atom. The van der Waals surface area contributed by atoms with Crippen LogP contribution in [0.15, 0.2) is 18.2 Å². The van der Waals surface area contributed by atoms with Crippen LogP contribution in [0.2, 0.25) is 0 Å². The van der Waals surface area contributed by atoms with E-state index in [-0.39, 0.29) is 11.9 Å². The highest BCUT2D eigenvalue weighted by atomic mass is 16.1. The molecule has 20 heavy (non-hydrogen) atoms. The quantitative estimate of drug-likeness (QED) is 0.887. The molecule has 2 rings (SSSR count). The van der Waals surface area contributed by atoms with Crippen LogP contribution in [-0.2, 0) is 0 Å². The van der Waals surface area contributed by atoms with Gasteiger partial charge in [-0.1, -0.05) is 36.5 Å². The van der Waals surface area contributed by atoms with Gasteiger partial charge in [0.1, 0.15) is 0 Å². The zero-order chi connectivity index (χ0) is 14.5. The minimum atomic E-state index is 0.0119. The van der Waals surface area contributed by atoms with E-state index in [0.29, 0.717) is 12.5 Å². The molecule has 0 bridgehead atoms. The molecule has 110 valence electrons. The maximum Gasteiger partial charge on any atom is 0.251 e. The van der Waals surface area contributed by atoms with Crippen LogP contribution in [0.1, 0.15) is 53.6 Å². The van der Waals surface area contributed by atoms with Crippen LogP contribution in [0.25, 0.3) is 0 Å². The molecule has 0 aliphatic heterocycles. The van der Waals surface area contributed by atoms with Crippen LogP contribution in [0.4, 0.5) is 0 Å². The smallest absolute Gasteiger partial charge is 0.251 e. The highest BCUT2D eigenvalue weighted by molar-refractivity contribution is 5.94. The van der Waals surface area contributed by atoms with Crippen molar-refractivity contribution in [1.29, 1.82) is 0 Å². The van der Waals surface area contributed by atoms with Crippen molar-refractivity contribution in [2.45, 2.75) is 52.0 Å². The van der Waals surface area contributed by atoms with Crippen molar-refractivity contribution in [3.63, 3.8) is 0 Å². The van der Waals surface area contributed by atoms with Gasteiger partial charge in [-0.3, -0.25) is 4.79 Å². The lowest BCUT2D eigenvalue weighted by molar-refractivity contribution is 0.0915.